The van der Waals surface area contributed by atoms with Crippen molar-refractivity contribution < 1.29 is 33.1 Å². The number of ether oxygens (including phenoxy) is 2. The highest BCUT2D eigenvalue weighted by Gasteiger charge is 2.40. The highest BCUT2D eigenvalue weighted by atomic mass is 16.5. The Kier molecular flexibility index (Phi) is 6.24. The molecule has 0 aliphatic heterocycles. The van der Waals surface area contributed by atoms with Crippen molar-refractivity contribution in [1.29, 1.82) is 0 Å². The average molecular weight is 406 g/mol. The van der Waals surface area contributed by atoms with E-state index in [1.54, 1.807) is 6.92 Å². The van der Waals surface area contributed by atoms with Gasteiger partial charge in [-0.1, -0.05) is 6.42 Å². The van der Waals surface area contributed by atoms with Gasteiger partial charge < -0.3 is 19.6 Å². The Morgan fingerprint density at radius 1 is 1.14 bits per heavy atom. The van der Waals surface area contributed by atoms with Gasteiger partial charge in [-0.15, -0.1) is 0 Å². The van der Waals surface area contributed by atoms with E-state index in [1.165, 1.54) is 26.2 Å². The smallest absolute Gasteiger partial charge is 0.342 e. The molecule has 1 aromatic rings. The van der Waals surface area contributed by atoms with Crippen LogP contribution in [0, 0.1) is 24.7 Å². The Morgan fingerprint density at radius 3 is 2.48 bits per heavy atom. The van der Waals surface area contributed by atoms with Crippen LogP contribution in [0.5, 0.6) is 0 Å². The lowest BCUT2D eigenvalue weighted by Gasteiger charge is -2.20. The minimum atomic E-state index is -0.950. The molecule has 0 radical (unpaired) electrons. The van der Waals surface area contributed by atoms with Crippen molar-refractivity contribution >= 4 is 29.6 Å². The predicted molar refractivity (Wildman–Crippen MR) is 101 cm³/mol. The van der Waals surface area contributed by atoms with Crippen LogP contribution in [0.25, 0.3) is 0 Å². The predicted octanol–water partition coefficient (Wildman–Crippen LogP) is 2.17. The van der Waals surface area contributed by atoms with E-state index in [0.717, 1.165) is 12.3 Å². The topological polar surface area (TPSA) is 138 Å². The summed E-state index contributed by atoms with van der Waals surface area (Å²) < 4.78 is 15.3. The number of carbonyl (C=O) groups is 4. The molecular formula is C20H26N2O7. The first-order chi connectivity index (χ1) is 13.8. The van der Waals surface area contributed by atoms with Crippen LogP contribution >= 0.6 is 0 Å². The summed E-state index contributed by atoms with van der Waals surface area (Å²) >= 11 is 0. The van der Waals surface area contributed by atoms with Gasteiger partial charge in [0.15, 0.2) is 6.61 Å². The summed E-state index contributed by atoms with van der Waals surface area (Å²) in [4.78, 5) is 48.1. The van der Waals surface area contributed by atoms with E-state index in [4.69, 9.17) is 19.6 Å². The van der Waals surface area contributed by atoms with Gasteiger partial charge in [0, 0.05) is 6.42 Å². The van der Waals surface area contributed by atoms with Crippen LogP contribution in [0.2, 0.25) is 0 Å². The second-order valence-electron chi connectivity index (χ2n) is 7.67. The second kappa shape index (κ2) is 8.67. The molecule has 3 atom stereocenters. The van der Waals surface area contributed by atoms with Gasteiger partial charge in [-0.05, 0) is 50.9 Å². The van der Waals surface area contributed by atoms with E-state index in [0.29, 0.717) is 18.3 Å². The number of nitrogens with one attached hydrogen (secondary N) is 1. The van der Waals surface area contributed by atoms with Crippen LogP contribution in [0.1, 0.15) is 65.5 Å². The molecule has 0 spiro atoms. The van der Waals surface area contributed by atoms with Crippen molar-refractivity contribution in [3.8, 4) is 0 Å². The van der Waals surface area contributed by atoms with Crippen LogP contribution in [-0.2, 0) is 19.1 Å². The molecule has 2 aliphatic rings. The van der Waals surface area contributed by atoms with Gasteiger partial charge in [0.1, 0.15) is 16.9 Å². The molecule has 158 valence electrons. The summed E-state index contributed by atoms with van der Waals surface area (Å²) in [5, 5.41) is 2.33. The molecule has 0 unspecified atom stereocenters. The van der Waals surface area contributed by atoms with Crippen molar-refractivity contribution in [2.24, 2.45) is 23.5 Å². The highest BCUT2D eigenvalue weighted by Crippen LogP contribution is 2.49. The maximum atomic E-state index is 12.2. The van der Waals surface area contributed by atoms with Gasteiger partial charge in [0.25, 0.3) is 11.8 Å². The molecule has 3 rings (SSSR count). The number of anilines is 1. The van der Waals surface area contributed by atoms with Crippen molar-refractivity contribution in [1.82, 2.24) is 0 Å². The van der Waals surface area contributed by atoms with Crippen LogP contribution in [-0.4, -0.2) is 37.0 Å². The monoisotopic (exact) mass is 406 g/mol. The molecule has 0 aromatic carbocycles. The molecular weight excluding hydrogens is 380 g/mol. The van der Waals surface area contributed by atoms with Crippen molar-refractivity contribution in [3.63, 3.8) is 0 Å². The third-order valence-electron chi connectivity index (χ3n) is 5.74. The number of furan rings is 1. The fourth-order valence-corrected chi connectivity index (χ4v) is 4.53. The van der Waals surface area contributed by atoms with Crippen molar-refractivity contribution in [2.75, 3.05) is 18.5 Å². The van der Waals surface area contributed by atoms with Crippen LogP contribution in [0.3, 0.4) is 0 Å². The molecule has 2 saturated carbocycles. The quantitative estimate of drug-likeness (QED) is 0.631. The number of esters is 2. The Balaban J connectivity index is 1.57. The maximum Gasteiger partial charge on any atom is 0.342 e. The number of nitrogens with two attached hydrogens (primary N) is 1. The summed E-state index contributed by atoms with van der Waals surface area (Å²) in [6, 6.07) is 0. The lowest BCUT2D eigenvalue weighted by Crippen LogP contribution is -2.24. The van der Waals surface area contributed by atoms with E-state index < -0.39 is 30.4 Å². The molecule has 1 heterocycles. The third kappa shape index (κ3) is 4.60. The first-order valence-electron chi connectivity index (χ1n) is 9.85. The zero-order chi connectivity index (χ0) is 21.1. The minimum absolute atomic E-state index is 0.0841. The number of amides is 2. The molecule has 0 saturated heterocycles. The summed E-state index contributed by atoms with van der Waals surface area (Å²) in [5.41, 5.74) is 4.93. The zero-order valence-corrected chi connectivity index (χ0v) is 16.6. The Hall–Kier alpha value is -2.84. The van der Waals surface area contributed by atoms with E-state index in [1.807, 2.05) is 0 Å². The van der Waals surface area contributed by atoms with Gasteiger partial charge in [0.2, 0.25) is 5.88 Å². The van der Waals surface area contributed by atoms with Gasteiger partial charge in [-0.2, -0.15) is 0 Å². The molecule has 2 fully saturated rings. The number of carbonyl (C=O) groups excluding carboxylic acids is 4. The standard InChI is InChI=1S/C20H26N2O7/c1-3-27-20(26)16-10(2)29-19(17(16)18(21)25)22-14(23)9-28-15(24)8-13-7-11-4-5-12(13)6-11/h11-13H,3-9H2,1-2H3,(H2,21,25)(H,22,23)/t11-,12+,13+/m0/s1. The number of rotatable bonds is 8. The molecule has 1 aromatic heterocycles. The summed E-state index contributed by atoms with van der Waals surface area (Å²) in [6.07, 6.45) is 4.97. The molecule has 2 bridgehead atoms. The first kappa shape index (κ1) is 20.9. The van der Waals surface area contributed by atoms with E-state index in [2.05, 4.69) is 5.32 Å². The lowest BCUT2D eigenvalue weighted by atomic mass is 9.86. The fraction of sp³-hybridized carbons (Fsp3) is 0.600. The molecule has 2 aliphatic carbocycles. The number of aryl methyl sites for hydroxylation is 1. The fourth-order valence-electron chi connectivity index (χ4n) is 4.53. The van der Waals surface area contributed by atoms with E-state index in [-0.39, 0.29) is 29.4 Å². The molecule has 9 nitrogen and oxygen atoms in total. The largest absolute Gasteiger partial charge is 0.462 e. The van der Waals surface area contributed by atoms with Crippen LogP contribution in [0.15, 0.2) is 4.42 Å². The second-order valence-corrected chi connectivity index (χ2v) is 7.67. The summed E-state index contributed by atoms with van der Waals surface area (Å²) in [7, 11) is 0. The minimum Gasteiger partial charge on any atom is -0.462 e. The van der Waals surface area contributed by atoms with Crippen molar-refractivity contribution in [3.05, 3.63) is 16.9 Å². The molecule has 2 amide bonds. The SMILES string of the molecule is CCOC(=O)c1c(C)oc(NC(=O)COC(=O)C[C@H]2C[C@H]3CC[C@@H]2C3)c1C(N)=O. The number of fused-ring (bicyclic) bond motifs is 2. The normalized spacial score (nSPS) is 22.3. The van der Waals surface area contributed by atoms with Gasteiger partial charge in [-0.25, -0.2) is 4.79 Å². The average Bonchev–Trinajstić information content (AvgIpc) is 3.34. The first-order valence-corrected chi connectivity index (χ1v) is 9.85. The Labute approximate surface area is 168 Å². The van der Waals surface area contributed by atoms with Crippen LogP contribution in [0.4, 0.5) is 5.88 Å². The molecule has 29 heavy (non-hydrogen) atoms. The highest BCUT2D eigenvalue weighted by molar-refractivity contribution is 6.10. The Morgan fingerprint density at radius 2 is 1.90 bits per heavy atom. The van der Waals surface area contributed by atoms with E-state index >= 15 is 0 Å². The lowest BCUT2D eigenvalue weighted by molar-refractivity contribution is -0.148. The number of primary amides is 1. The van der Waals surface area contributed by atoms with Gasteiger partial charge in [-0.3, -0.25) is 19.7 Å². The summed E-state index contributed by atoms with van der Waals surface area (Å²) in [6.45, 7) is 2.64. The molecule has 3 N–H and O–H groups in total. The zero-order valence-electron chi connectivity index (χ0n) is 16.6. The van der Waals surface area contributed by atoms with Crippen molar-refractivity contribution in [2.45, 2.75) is 46.0 Å². The maximum absolute atomic E-state index is 12.2. The van der Waals surface area contributed by atoms with Crippen LogP contribution < -0.4 is 11.1 Å². The number of hydrogen-bond donors (Lipinski definition) is 2. The number of hydrogen-bond acceptors (Lipinski definition) is 7. The third-order valence-corrected chi connectivity index (χ3v) is 5.74. The van der Waals surface area contributed by atoms with Gasteiger partial charge >= 0.3 is 11.9 Å². The van der Waals surface area contributed by atoms with E-state index in [9.17, 15) is 19.2 Å². The Bertz CT molecular complexity index is 829. The van der Waals surface area contributed by atoms with Gasteiger partial charge in [0.05, 0.1) is 6.61 Å². The summed E-state index contributed by atoms with van der Waals surface area (Å²) in [5.74, 6) is -1.38. The molecule has 9 heteroatoms.